The Bertz CT molecular complexity index is 1950. The number of ether oxygens (including phenoxy) is 7. The largest absolute Gasteiger partial charge is 0.514 e. The van der Waals surface area contributed by atoms with Crippen molar-refractivity contribution in [2.24, 2.45) is 17.8 Å². The highest BCUT2D eigenvalue weighted by atomic mass is 19.1. The summed E-state index contributed by atoms with van der Waals surface area (Å²) >= 11 is 0. The van der Waals surface area contributed by atoms with Crippen LogP contribution in [0.1, 0.15) is 52.5 Å². The predicted molar refractivity (Wildman–Crippen MR) is 185 cm³/mol. The molecule has 52 heavy (non-hydrogen) atoms. The molecule has 4 aromatic rings. The van der Waals surface area contributed by atoms with Crippen LogP contribution in [-0.4, -0.2) is 75.6 Å². The lowest BCUT2D eigenvalue weighted by Gasteiger charge is -2.51. The summed E-state index contributed by atoms with van der Waals surface area (Å²) in [7, 11) is 5.77. The lowest BCUT2D eigenvalue weighted by atomic mass is 9.65. The van der Waals surface area contributed by atoms with E-state index in [9.17, 15) is 18.8 Å². The number of nitrogens with zero attached hydrogens (tertiary/aromatic N) is 1. The van der Waals surface area contributed by atoms with Gasteiger partial charge in [-0.1, -0.05) is 12.1 Å². The number of esters is 2. The lowest BCUT2D eigenvalue weighted by molar-refractivity contribution is -0.155. The topological polar surface area (TPSA) is 135 Å². The maximum Gasteiger partial charge on any atom is 0.514 e. The molecule has 1 aromatic heterocycles. The van der Waals surface area contributed by atoms with Crippen molar-refractivity contribution in [3.05, 3.63) is 82.8 Å². The van der Waals surface area contributed by atoms with E-state index in [-0.39, 0.29) is 53.3 Å². The maximum atomic E-state index is 13.6. The molecule has 0 bridgehead atoms. The molecule has 274 valence electrons. The molecular weight excluding hydrogens is 675 g/mol. The van der Waals surface area contributed by atoms with E-state index in [0.29, 0.717) is 18.4 Å². The van der Waals surface area contributed by atoms with Crippen molar-refractivity contribution in [1.82, 2.24) is 9.88 Å². The van der Waals surface area contributed by atoms with Crippen molar-refractivity contribution in [2.45, 2.75) is 44.4 Å². The number of aromatic amines is 1. The summed E-state index contributed by atoms with van der Waals surface area (Å²) in [6, 6.07) is 14.5. The Morgan fingerprint density at radius 1 is 0.904 bits per heavy atom. The van der Waals surface area contributed by atoms with E-state index in [1.54, 1.807) is 7.11 Å². The number of rotatable bonds is 9. The summed E-state index contributed by atoms with van der Waals surface area (Å²) in [6.07, 6.45) is 1.03. The Morgan fingerprint density at radius 2 is 1.65 bits per heavy atom. The highest BCUT2D eigenvalue weighted by Crippen LogP contribution is 2.50. The van der Waals surface area contributed by atoms with Crippen LogP contribution >= 0.6 is 0 Å². The lowest BCUT2D eigenvalue weighted by Crippen LogP contribution is -2.52. The van der Waals surface area contributed by atoms with Gasteiger partial charge in [0.1, 0.15) is 24.3 Å². The SMILES string of the molecule is COC(=O)C1CC(OC(=O)c2cc(OC)c(OC(=O)OCc3ccc(F)cc3)c(OC)c2)C[C@@H]2CN3CCc4c([nH]c5cc(OC)ccc45)C3C[C@H]12. The van der Waals surface area contributed by atoms with Crippen LogP contribution in [0.5, 0.6) is 23.0 Å². The number of methoxy groups -OCH3 is 4. The zero-order valence-corrected chi connectivity index (χ0v) is 29.4. The average molecular weight is 717 g/mol. The van der Waals surface area contributed by atoms with E-state index in [1.807, 2.05) is 12.1 Å². The van der Waals surface area contributed by atoms with E-state index < -0.39 is 30.0 Å². The van der Waals surface area contributed by atoms with Crippen molar-refractivity contribution in [3.63, 3.8) is 0 Å². The van der Waals surface area contributed by atoms with Crippen LogP contribution in [0.25, 0.3) is 10.9 Å². The Labute approximate surface area is 300 Å². The van der Waals surface area contributed by atoms with E-state index in [1.165, 1.54) is 74.4 Å². The second-order valence-corrected chi connectivity index (χ2v) is 13.5. The number of carbonyl (C=O) groups excluding carboxylic acids is 3. The van der Waals surface area contributed by atoms with Gasteiger partial charge in [0.15, 0.2) is 11.5 Å². The van der Waals surface area contributed by atoms with Crippen LogP contribution < -0.4 is 18.9 Å². The van der Waals surface area contributed by atoms with Gasteiger partial charge in [-0.3, -0.25) is 9.69 Å². The summed E-state index contributed by atoms with van der Waals surface area (Å²) < 4.78 is 51.5. The number of carbonyl (C=O) groups is 3. The zero-order chi connectivity index (χ0) is 36.5. The van der Waals surface area contributed by atoms with E-state index in [0.717, 1.165) is 37.2 Å². The molecule has 12 nitrogen and oxygen atoms in total. The van der Waals surface area contributed by atoms with Crippen molar-refractivity contribution in [1.29, 1.82) is 0 Å². The molecule has 5 atom stereocenters. The number of benzene rings is 3. The fourth-order valence-corrected chi connectivity index (χ4v) is 8.21. The van der Waals surface area contributed by atoms with Gasteiger partial charge in [-0.05, 0) is 85.0 Å². The maximum absolute atomic E-state index is 13.6. The molecular formula is C39H41FN2O10. The van der Waals surface area contributed by atoms with Crippen LogP contribution in [0.15, 0.2) is 54.6 Å². The van der Waals surface area contributed by atoms with Crippen LogP contribution in [0, 0.1) is 23.6 Å². The first-order chi connectivity index (χ1) is 25.2. The second kappa shape index (κ2) is 14.7. The molecule has 1 saturated heterocycles. The first kappa shape index (κ1) is 35.1. The fourth-order valence-electron chi connectivity index (χ4n) is 8.21. The fraction of sp³-hybridized carbons (Fsp3) is 0.410. The van der Waals surface area contributed by atoms with Crippen molar-refractivity contribution < 1.29 is 51.9 Å². The summed E-state index contributed by atoms with van der Waals surface area (Å²) in [6.45, 7) is 1.50. The van der Waals surface area contributed by atoms with E-state index >= 15 is 0 Å². The number of H-pyrrole nitrogens is 1. The Morgan fingerprint density at radius 3 is 2.35 bits per heavy atom. The van der Waals surface area contributed by atoms with Gasteiger partial charge in [-0.25, -0.2) is 14.0 Å². The Balaban J connectivity index is 1.05. The molecule has 1 N–H and O–H groups in total. The first-order valence-corrected chi connectivity index (χ1v) is 17.3. The molecule has 3 aliphatic rings. The smallest absolute Gasteiger partial charge is 0.497 e. The summed E-state index contributed by atoms with van der Waals surface area (Å²) in [5, 5.41) is 1.20. The molecule has 3 heterocycles. The number of nitrogens with one attached hydrogen (secondary N) is 1. The molecule has 0 spiro atoms. The standard InChI is InChI=1S/C39H41FN2O10/c1-46-25-9-10-27-28-11-12-42-19-23-13-26(16-30(38(44)49-4)29(23)18-32(42)35(28)41-31(27)17-25)51-37(43)22-14-33(47-2)36(34(15-22)48-3)52-39(45)50-20-21-5-7-24(40)8-6-21/h5-10,14-15,17,23,26,29-30,32,41H,11-13,16,18-20H2,1-4H3/t23-,26?,29+,30?,32?/m1/s1. The predicted octanol–water partition coefficient (Wildman–Crippen LogP) is 6.39. The number of aromatic nitrogens is 1. The second-order valence-electron chi connectivity index (χ2n) is 13.5. The highest BCUT2D eigenvalue weighted by molar-refractivity contribution is 5.91. The van der Waals surface area contributed by atoms with Gasteiger partial charge in [-0.2, -0.15) is 0 Å². The summed E-state index contributed by atoms with van der Waals surface area (Å²) in [5.41, 5.74) is 4.23. The molecule has 3 unspecified atom stereocenters. The van der Waals surface area contributed by atoms with Gasteiger partial charge < -0.3 is 38.1 Å². The van der Waals surface area contributed by atoms with Crippen molar-refractivity contribution >= 4 is 29.0 Å². The van der Waals surface area contributed by atoms with E-state index in [2.05, 4.69) is 16.0 Å². The van der Waals surface area contributed by atoms with Crippen LogP contribution in [0.4, 0.5) is 9.18 Å². The third kappa shape index (κ3) is 6.84. The monoisotopic (exact) mass is 716 g/mol. The molecule has 3 aromatic carbocycles. The molecule has 2 fully saturated rings. The Hall–Kier alpha value is -5.30. The average Bonchev–Trinajstić information content (AvgIpc) is 3.54. The number of piperidine rings is 1. The van der Waals surface area contributed by atoms with Crippen LogP contribution in [-0.2, 0) is 32.0 Å². The number of fused-ring (bicyclic) bond motifs is 6. The van der Waals surface area contributed by atoms with E-state index in [4.69, 9.17) is 33.2 Å². The third-order valence-electron chi connectivity index (χ3n) is 10.7. The molecule has 0 radical (unpaired) electrons. The van der Waals surface area contributed by atoms with Crippen LogP contribution in [0.3, 0.4) is 0 Å². The zero-order valence-electron chi connectivity index (χ0n) is 29.4. The first-order valence-electron chi connectivity index (χ1n) is 17.3. The van der Waals surface area contributed by atoms with Gasteiger partial charge in [-0.15, -0.1) is 0 Å². The summed E-state index contributed by atoms with van der Waals surface area (Å²) in [4.78, 5) is 45.6. The highest BCUT2D eigenvalue weighted by Gasteiger charge is 2.49. The van der Waals surface area contributed by atoms with Gasteiger partial charge in [0.25, 0.3) is 0 Å². The molecule has 1 aliphatic carbocycles. The molecule has 1 saturated carbocycles. The molecule has 7 rings (SSSR count). The van der Waals surface area contributed by atoms with Crippen molar-refractivity contribution in [2.75, 3.05) is 41.5 Å². The quantitative estimate of drug-likeness (QED) is 0.117. The molecule has 13 heteroatoms. The van der Waals surface area contributed by atoms with Gasteiger partial charge in [0, 0.05) is 35.8 Å². The number of hydrogen-bond acceptors (Lipinski definition) is 11. The Kier molecular flexibility index (Phi) is 9.96. The van der Waals surface area contributed by atoms with Crippen LogP contribution in [0.2, 0.25) is 0 Å². The summed E-state index contributed by atoms with van der Waals surface area (Å²) in [5.74, 6) is -0.853. The minimum Gasteiger partial charge on any atom is -0.497 e. The van der Waals surface area contributed by atoms with Crippen molar-refractivity contribution in [3.8, 4) is 23.0 Å². The minimum atomic E-state index is -1.05. The van der Waals surface area contributed by atoms with Gasteiger partial charge in [0.2, 0.25) is 5.75 Å². The normalized spacial score (nSPS) is 22.3. The molecule has 0 amide bonds. The van der Waals surface area contributed by atoms with Gasteiger partial charge >= 0.3 is 18.1 Å². The van der Waals surface area contributed by atoms with Gasteiger partial charge in [0.05, 0.1) is 46.0 Å². The number of hydrogen-bond donors (Lipinski definition) is 1. The minimum absolute atomic E-state index is 0.0411. The molecule has 2 aliphatic heterocycles. The number of halogens is 1. The third-order valence-corrected chi connectivity index (χ3v) is 10.7.